The van der Waals surface area contributed by atoms with Crippen molar-refractivity contribution in [2.75, 3.05) is 5.32 Å². The first-order valence-electron chi connectivity index (χ1n) is 7.53. The van der Waals surface area contributed by atoms with Gasteiger partial charge in [0.2, 0.25) is 0 Å². The van der Waals surface area contributed by atoms with E-state index in [4.69, 9.17) is 0 Å². The number of hydrogen-bond acceptors (Lipinski definition) is 2. The zero-order chi connectivity index (χ0) is 14.2. The van der Waals surface area contributed by atoms with Gasteiger partial charge in [-0.25, -0.2) is 8.78 Å². The van der Waals surface area contributed by atoms with Gasteiger partial charge in [-0.15, -0.1) is 0 Å². The lowest BCUT2D eigenvalue weighted by Crippen LogP contribution is -2.56. The van der Waals surface area contributed by atoms with Crippen LogP contribution in [0.15, 0.2) is 18.2 Å². The van der Waals surface area contributed by atoms with Crippen molar-refractivity contribution in [3.05, 3.63) is 29.8 Å². The standard InChI is InChI=1S/C16H21F2NO/c17-12-7-8-13(18)14(10-12)19-15-6-3-5-11-4-1-2-9-16(11,15)20/h7-8,10-11,15,19-20H,1-6,9H2/t11-,15+,16-/m1/s1. The van der Waals surface area contributed by atoms with Crippen LogP contribution in [-0.2, 0) is 0 Å². The molecule has 3 atom stereocenters. The predicted octanol–water partition coefficient (Wildman–Crippen LogP) is 3.85. The van der Waals surface area contributed by atoms with Crippen molar-refractivity contribution in [1.29, 1.82) is 0 Å². The SMILES string of the molecule is O[C@]12CCCC[C@@H]1CCC[C@@H]2Nc1cc(F)ccc1F. The number of fused-ring (bicyclic) bond motifs is 1. The third-order valence-corrected chi connectivity index (χ3v) is 4.99. The molecule has 0 heterocycles. The fourth-order valence-electron chi connectivity index (χ4n) is 3.92. The van der Waals surface area contributed by atoms with E-state index in [1.807, 2.05) is 0 Å². The summed E-state index contributed by atoms with van der Waals surface area (Å²) in [4.78, 5) is 0. The Labute approximate surface area is 118 Å². The Hall–Kier alpha value is -1.16. The van der Waals surface area contributed by atoms with Crippen LogP contribution in [0.4, 0.5) is 14.5 Å². The van der Waals surface area contributed by atoms with Gasteiger partial charge in [0.25, 0.3) is 0 Å². The van der Waals surface area contributed by atoms with Gasteiger partial charge in [-0.05, 0) is 49.8 Å². The van der Waals surface area contributed by atoms with Gasteiger partial charge in [0.05, 0.1) is 17.3 Å². The Morgan fingerprint density at radius 1 is 1.10 bits per heavy atom. The number of halogens is 2. The van der Waals surface area contributed by atoms with E-state index in [0.29, 0.717) is 5.92 Å². The van der Waals surface area contributed by atoms with Gasteiger partial charge in [0.15, 0.2) is 0 Å². The lowest BCUT2D eigenvalue weighted by atomic mass is 9.65. The second kappa shape index (κ2) is 5.32. The summed E-state index contributed by atoms with van der Waals surface area (Å²) in [5.41, 5.74) is -0.607. The van der Waals surface area contributed by atoms with Crippen LogP contribution in [0.5, 0.6) is 0 Å². The maximum Gasteiger partial charge on any atom is 0.146 e. The molecule has 20 heavy (non-hydrogen) atoms. The number of hydrogen-bond donors (Lipinski definition) is 2. The Kier molecular flexibility index (Phi) is 3.67. The summed E-state index contributed by atoms with van der Waals surface area (Å²) in [6.07, 6.45) is 6.85. The smallest absolute Gasteiger partial charge is 0.146 e. The summed E-state index contributed by atoms with van der Waals surface area (Å²) in [6, 6.07) is 3.23. The van der Waals surface area contributed by atoms with E-state index in [-0.39, 0.29) is 11.7 Å². The highest BCUT2D eigenvalue weighted by molar-refractivity contribution is 5.46. The minimum absolute atomic E-state index is 0.162. The van der Waals surface area contributed by atoms with E-state index in [1.165, 1.54) is 6.07 Å². The van der Waals surface area contributed by atoms with Gasteiger partial charge < -0.3 is 10.4 Å². The molecule has 2 N–H and O–H groups in total. The Balaban J connectivity index is 1.83. The molecule has 0 radical (unpaired) electrons. The van der Waals surface area contributed by atoms with E-state index >= 15 is 0 Å². The molecule has 0 aromatic heterocycles. The molecule has 0 bridgehead atoms. The lowest BCUT2D eigenvalue weighted by molar-refractivity contribution is -0.0835. The second-order valence-corrected chi connectivity index (χ2v) is 6.19. The fraction of sp³-hybridized carbons (Fsp3) is 0.625. The van der Waals surface area contributed by atoms with Gasteiger partial charge >= 0.3 is 0 Å². The molecule has 3 rings (SSSR count). The largest absolute Gasteiger partial charge is 0.387 e. The number of benzene rings is 1. The molecule has 0 saturated heterocycles. The Morgan fingerprint density at radius 2 is 1.90 bits per heavy atom. The van der Waals surface area contributed by atoms with Crippen molar-refractivity contribution in [3.8, 4) is 0 Å². The number of anilines is 1. The van der Waals surface area contributed by atoms with Crippen molar-refractivity contribution in [3.63, 3.8) is 0 Å². The quantitative estimate of drug-likeness (QED) is 0.863. The monoisotopic (exact) mass is 281 g/mol. The third kappa shape index (κ3) is 2.41. The minimum atomic E-state index is -0.769. The van der Waals surface area contributed by atoms with Crippen LogP contribution >= 0.6 is 0 Å². The molecule has 2 fully saturated rings. The molecule has 110 valence electrons. The molecule has 1 aromatic carbocycles. The molecule has 2 aliphatic carbocycles. The van der Waals surface area contributed by atoms with Crippen LogP contribution in [0.25, 0.3) is 0 Å². The molecule has 2 aliphatic rings. The highest BCUT2D eigenvalue weighted by atomic mass is 19.1. The second-order valence-electron chi connectivity index (χ2n) is 6.19. The van der Waals surface area contributed by atoms with E-state index in [0.717, 1.165) is 57.1 Å². The molecule has 1 aromatic rings. The third-order valence-electron chi connectivity index (χ3n) is 4.99. The maximum absolute atomic E-state index is 13.8. The van der Waals surface area contributed by atoms with Crippen LogP contribution in [0.3, 0.4) is 0 Å². The Morgan fingerprint density at radius 3 is 2.75 bits per heavy atom. The van der Waals surface area contributed by atoms with Crippen LogP contribution in [0.1, 0.15) is 44.9 Å². The normalized spacial score (nSPS) is 33.5. The van der Waals surface area contributed by atoms with E-state index in [1.54, 1.807) is 0 Å². The molecule has 0 spiro atoms. The summed E-state index contributed by atoms with van der Waals surface area (Å²) in [7, 11) is 0. The highest BCUT2D eigenvalue weighted by Crippen LogP contribution is 2.44. The van der Waals surface area contributed by atoms with Crippen LogP contribution in [0.2, 0.25) is 0 Å². The molecule has 0 unspecified atom stereocenters. The van der Waals surface area contributed by atoms with Gasteiger partial charge in [0.1, 0.15) is 11.6 Å². The molecular weight excluding hydrogens is 260 g/mol. The van der Waals surface area contributed by atoms with Gasteiger partial charge in [-0.3, -0.25) is 0 Å². The van der Waals surface area contributed by atoms with Crippen molar-refractivity contribution < 1.29 is 13.9 Å². The average molecular weight is 281 g/mol. The fourth-order valence-corrected chi connectivity index (χ4v) is 3.92. The first kappa shape index (κ1) is 13.8. The zero-order valence-electron chi connectivity index (χ0n) is 11.5. The first-order valence-corrected chi connectivity index (χ1v) is 7.53. The van der Waals surface area contributed by atoms with Crippen molar-refractivity contribution in [2.24, 2.45) is 5.92 Å². The summed E-state index contributed by atoms with van der Waals surface area (Å²) in [5.74, 6) is -0.635. The van der Waals surface area contributed by atoms with E-state index in [9.17, 15) is 13.9 Å². The number of nitrogens with one attached hydrogen (secondary N) is 1. The minimum Gasteiger partial charge on any atom is -0.387 e. The number of rotatable bonds is 2. The molecule has 0 aliphatic heterocycles. The predicted molar refractivity (Wildman–Crippen MR) is 74.5 cm³/mol. The van der Waals surface area contributed by atoms with Crippen molar-refractivity contribution in [1.82, 2.24) is 0 Å². The Bertz CT molecular complexity index is 491. The summed E-state index contributed by atoms with van der Waals surface area (Å²) in [6.45, 7) is 0. The van der Waals surface area contributed by atoms with Crippen LogP contribution in [0, 0.1) is 17.6 Å². The lowest BCUT2D eigenvalue weighted by Gasteiger charge is -2.49. The summed E-state index contributed by atoms with van der Waals surface area (Å²) >= 11 is 0. The van der Waals surface area contributed by atoms with Gasteiger partial charge in [-0.2, -0.15) is 0 Å². The molecule has 2 saturated carbocycles. The van der Waals surface area contributed by atoms with Crippen molar-refractivity contribution >= 4 is 5.69 Å². The molecular formula is C16H21F2NO. The van der Waals surface area contributed by atoms with Crippen LogP contribution < -0.4 is 5.32 Å². The zero-order valence-corrected chi connectivity index (χ0v) is 11.5. The molecule has 0 amide bonds. The average Bonchev–Trinajstić information content (AvgIpc) is 2.43. The molecule has 2 nitrogen and oxygen atoms in total. The summed E-state index contributed by atoms with van der Waals surface area (Å²) in [5, 5.41) is 14.1. The maximum atomic E-state index is 13.8. The first-order chi connectivity index (χ1) is 9.59. The van der Waals surface area contributed by atoms with E-state index in [2.05, 4.69) is 5.32 Å². The topological polar surface area (TPSA) is 32.3 Å². The van der Waals surface area contributed by atoms with Crippen molar-refractivity contribution in [2.45, 2.75) is 56.6 Å². The molecule has 4 heteroatoms. The van der Waals surface area contributed by atoms with E-state index < -0.39 is 17.2 Å². The van der Waals surface area contributed by atoms with Gasteiger partial charge in [-0.1, -0.05) is 19.3 Å². The van der Waals surface area contributed by atoms with Gasteiger partial charge in [0, 0.05) is 0 Å². The van der Waals surface area contributed by atoms with Crippen LogP contribution in [-0.4, -0.2) is 16.7 Å². The number of aliphatic hydroxyl groups is 1. The summed E-state index contributed by atoms with van der Waals surface area (Å²) < 4.78 is 27.0. The highest BCUT2D eigenvalue weighted by Gasteiger charge is 2.47.